The fourth-order valence-corrected chi connectivity index (χ4v) is 3.88. The minimum atomic E-state index is -0.272. The average molecular weight is 411 g/mol. The highest BCUT2D eigenvalue weighted by atomic mass is 19.1. The van der Waals surface area contributed by atoms with Crippen LogP contribution < -0.4 is 4.74 Å². The van der Waals surface area contributed by atoms with Gasteiger partial charge in [-0.1, -0.05) is 6.07 Å². The van der Waals surface area contributed by atoms with Gasteiger partial charge in [-0.05, 0) is 86.5 Å². The summed E-state index contributed by atoms with van der Waals surface area (Å²) in [5, 5.41) is 6.84. The number of benzene rings is 3. The Bertz CT molecular complexity index is 1420. The van der Waals surface area contributed by atoms with E-state index in [1.54, 1.807) is 12.1 Å². The Morgan fingerprint density at radius 3 is 2.45 bits per heavy atom. The first kappa shape index (κ1) is 19.2. The van der Waals surface area contributed by atoms with E-state index >= 15 is 0 Å². The van der Waals surface area contributed by atoms with Crippen molar-refractivity contribution in [1.82, 2.24) is 14.8 Å². The highest BCUT2D eigenvalue weighted by Crippen LogP contribution is 2.35. The van der Waals surface area contributed by atoms with Crippen LogP contribution in [0, 0.1) is 19.7 Å². The van der Waals surface area contributed by atoms with E-state index < -0.39 is 0 Å². The third kappa shape index (κ3) is 3.32. The van der Waals surface area contributed by atoms with Crippen molar-refractivity contribution in [2.45, 2.75) is 20.8 Å². The van der Waals surface area contributed by atoms with Crippen molar-refractivity contribution in [3.8, 4) is 22.7 Å². The molecule has 31 heavy (non-hydrogen) atoms. The molecule has 5 rings (SSSR count). The fraction of sp³-hybridized carbons (Fsp3) is 0.154. The van der Waals surface area contributed by atoms with E-state index in [1.807, 2.05) is 36.0 Å². The van der Waals surface area contributed by atoms with Crippen LogP contribution in [0.25, 0.3) is 38.8 Å². The maximum Gasteiger partial charge on any atom is 0.123 e. The Labute approximate surface area is 179 Å². The van der Waals surface area contributed by atoms with E-state index in [2.05, 4.69) is 37.0 Å². The van der Waals surface area contributed by atoms with Crippen molar-refractivity contribution in [1.29, 1.82) is 0 Å². The Morgan fingerprint density at radius 1 is 0.903 bits per heavy atom. The maximum absolute atomic E-state index is 13.5. The number of nitrogens with zero attached hydrogens (tertiary/aromatic N) is 3. The van der Waals surface area contributed by atoms with Crippen LogP contribution >= 0.6 is 0 Å². The smallest absolute Gasteiger partial charge is 0.123 e. The zero-order valence-corrected chi connectivity index (χ0v) is 17.7. The minimum Gasteiger partial charge on any atom is -0.494 e. The van der Waals surface area contributed by atoms with Crippen molar-refractivity contribution in [2.75, 3.05) is 6.61 Å². The number of rotatable bonds is 4. The van der Waals surface area contributed by atoms with Gasteiger partial charge in [0.15, 0.2) is 0 Å². The summed E-state index contributed by atoms with van der Waals surface area (Å²) >= 11 is 0. The summed E-state index contributed by atoms with van der Waals surface area (Å²) in [5.41, 5.74) is 6.82. The van der Waals surface area contributed by atoms with E-state index in [1.165, 1.54) is 23.3 Å². The second-order valence-electron chi connectivity index (χ2n) is 7.67. The van der Waals surface area contributed by atoms with Gasteiger partial charge in [-0.2, -0.15) is 5.10 Å². The molecular weight excluding hydrogens is 389 g/mol. The van der Waals surface area contributed by atoms with Gasteiger partial charge >= 0.3 is 0 Å². The van der Waals surface area contributed by atoms with Crippen LogP contribution in [-0.2, 0) is 0 Å². The van der Waals surface area contributed by atoms with Crippen LogP contribution in [0.3, 0.4) is 0 Å². The second kappa shape index (κ2) is 7.51. The number of pyridine rings is 1. The van der Waals surface area contributed by atoms with Gasteiger partial charge in [0.05, 0.1) is 23.3 Å². The van der Waals surface area contributed by atoms with Gasteiger partial charge in [0, 0.05) is 22.5 Å². The van der Waals surface area contributed by atoms with Crippen LogP contribution in [0.1, 0.15) is 18.1 Å². The maximum atomic E-state index is 13.5. The first-order valence-electron chi connectivity index (χ1n) is 10.3. The molecule has 4 nitrogen and oxygen atoms in total. The molecule has 0 bridgehead atoms. The SMILES string of the molecule is CCOc1ccc2ncc3c(-c4ccc(F)cc4)nn(-c4ccc(C)c(C)c4)c3c2c1. The predicted molar refractivity (Wildman–Crippen MR) is 122 cm³/mol. The van der Waals surface area contributed by atoms with E-state index in [-0.39, 0.29) is 5.82 Å². The topological polar surface area (TPSA) is 39.9 Å². The molecule has 2 heterocycles. The standard InChI is InChI=1S/C26H22FN3O/c1-4-31-21-11-12-24-22(14-21)26-23(15-28-24)25(18-6-8-19(27)9-7-18)29-30(26)20-10-5-16(2)17(3)13-20/h5-15H,4H2,1-3H3. The molecule has 0 fully saturated rings. The van der Waals surface area contributed by atoms with Crippen molar-refractivity contribution < 1.29 is 9.13 Å². The summed E-state index contributed by atoms with van der Waals surface area (Å²) in [5.74, 6) is 0.520. The summed E-state index contributed by atoms with van der Waals surface area (Å²) in [6, 6.07) is 18.6. The summed E-state index contributed by atoms with van der Waals surface area (Å²) in [6.07, 6.45) is 1.85. The molecule has 0 radical (unpaired) electrons. The fourth-order valence-electron chi connectivity index (χ4n) is 3.88. The number of ether oxygens (including phenoxy) is 1. The average Bonchev–Trinajstić information content (AvgIpc) is 3.16. The zero-order chi connectivity index (χ0) is 21.5. The molecule has 0 saturated carbocycles. The quantitative estimate of drug-likeness (QED) is 0.344. The highest BCUT2D eigenvalue weighted by molar-refractivity contribution is 6.09. The van der Waals surface area contributed by atoms with Crippen LogP contribution in [-0.4, -0.2) is 21.4 Å². The lowest BCUT2D eigenvalue weighted by atomic mass is 10.1. The molecule has 0 N–H and O–H groups in total. The third-order valence-corrected chi connectivity index (χ3v) is 5.64. The molecule has 0 amide bonds. The Morgan fingerprint density at radius 2 is 1.71 bits per heavy atom. The Kier molecular flexibility index (Phi) is 4.66. The number of halogens is 1. The second-order valence-corrected chi connectivity index (χ2v) is 7.67. The van der Waals surface area contributed by atoms with Crippen molar-refractivity contribution in [2.24, 2.45) is 0 Å². The highest BCUT2D eigenvalue weighted by Gasteiger charge is 2.18. The summed E-state index contributed by atoms with van der Waals surface area (Å²) in [6.45, 7) is 6.75. The largest absolute Gasteiger partial charge is 0.494 e. The van der Waals surface area contributed by atoms with Crippen LogP contribution in [0.4, 0.5) is 4.39 Å². The molecule has 3 aromatic carbocycles. The van der Waals surface area contributed by atoms with Gasteiger partial charge in [0.25, 0.3) is 0 Å². The van der Waals surface area contributed by atoms with Crippen LogP contribution in [0.15, 0.2) is 66.9 Å². The molecule has 154 valence electrons. The third-order valence-electron chi connectivity index (χ3n) is 5.64. The van der Waals surface area contributed by atoms with Crippen LogP contribution in [0.2, 0.25) is 0 Å². The number of hydrogen-bond donors (Lipinski definition) is 0. The lowest BCUT2D eigenvalue weighted by molar-refractivity contribution is 0.341. The molecule has 0 unspecified atom stereocenters. The van der Waals surface area contributed by atoms with Crippen molar-refractivity contribution >= 4 is 21.8 Å². The zero-order valence-electron chi connectivity index (χ0n) is 17.7. The Balaban J connectivity index is 1.87. The Hall–Kier alpha value is -3.73. The normalized spacial score (nSPS) is 11.4. The number of fused-ring (bicyclic) bond motifs is 3. The van der Waals surface area contributed by atoms with Gasteiger partial charge in [0.1, 0.15) is 17.3 Å². The lowest BCUT2D eigenvalue weighted by Gasteiger charge is -2.09. The van der Waals surface area contributed by atoms with Gasteiger partial charge < -0.3 is 4.74 Å². The van der Waals surface area contributed by atoms with Crippen molar-refractivity contribution in [3.63, 3.8) is 0 Å². The molecule has 0 aliphatic heterocycles. The van der Waals surface area contributed by atoms with Crippen molar-refractivity contribution in [3.05, 3.63) is 83.8 Å². The van der Waals surface area contributed by atoms with E-state index in [0.29, 0.717) is 6.61 Å². The number of aromatic nitrogens is 3. The molecular formula is C26H22FN3O. The minimum absolute atomic E-state index is 0.272. The molecule has 5 aromatic rings. The molecule has 0 spiro atoms. The summed E-state index contributed by atoms with van der Waals surface area (Å²) < 4.78 is 21.2. The first-order valence-corrected chi connectivity index (χ1v) is 10.3. The van der Waals surface area contributed by atoms with Gasteiger partial charge in [-0.3, -0.25) is 4.98 Å². The molecule has 0 saturated heterocycles. The van der Waals surface area contributed by atoms with Gasteiger partial charge in [-0.25, -0.2) is 9.07 Å². The molecule has 5 heteroatoms. The lowest BCUT2D eigenvalue weighted by Crippen LogP contribution is -1.99. The molecule has 0 aliphatic rings. The molecule has 0 aliphatic carbocycles. The van der Waals surface area contributed by atoms with Gasteiger partial charge in [0.2, 0.25) is 0 Å². The first-order chi connectivity index (χ1) is 15.0. The molecule has 2 aromatic heterocycles. The number of hydrogen-bond acceptors (Lipinski definition) is 3. The predicted octanol–water partition coefficient (Wildman–Crippen LogP) is 6.40. The van der Waals surface area contributed by atoms with E-state index in [4.69, 9.17) is 9.84 Å². The number of aryl methyl sites for hydroxylation is 2. The summed E-state index contributed by atoms with van der Waals surface area (Å²) in [4.78, 5) is 4.67. The molecule has 0 atom stereocenters. The van der Waals surface area contributed by atoms with Crippen LogP contribution in [0.5, 0.6) is 5.75 Å². The summed E-state index contributed by atoms with van der Waals surface area (Å²) in [7, 11) is 0. The monoisotopic (exact) mass is 411 g/mol. The van der Waals surface area contributed by atoms with E-state index in [0.717, 1.165) is 44.5 Å². The van der Waals surface area contributed by atoms with Gasteiger partial charge in [-0.15, -0.1) is 0 Å². The van der Waals surface area contributed by atoms with E-state index in [9.17, 15) is 4.39 Å².